The Morgan fingerprint density at radius 1 is 1.33 bits per heavy atom. The molecule has 1 atom stereocenters. The summed E-state index contributed by atoms with van der Waals surface area (Å²) in [5, 5.41) is 3.27. The van der Waals surface area contributed by atoms with E-state index >= 15 is 0 Å². The lowest BCUT2D eigenvalue weighted by Gasteiger charge is -2.17. The molecule has 2 rings (SSSR count). The molecule has 1 unspecified atom stereocenters. The maximum absolute atomic E-state index is 13.5. The van der Waals surface area contributed by atoms with Crippen LogP contribution in [0.4, 0.5) is 10.1 Å². The number of halogens is 2. The zero-order chi connectivity index (χ0) is 13.1. The minimum absolute atomic E-state index is 0.0328. The molecule has 0 saturated heterocycles. The van der Waals surface area contributed by atoms with Gasteiger partial charge in [0, 0.05) is 11.9 Å². The van der Waals surface area contributed by atoms with Gasteiger partial charge in [-0.3, -0.25) is 4.98 Å². The average molecular weight is 309 g/mol. The molecule has 1 aromatic heterocycles. The lowest BCUT2D eigenvalue weighted by atomic mass is 10.1. The molecule has 2 aromatic rings. The van der Waals surface area contributed by atoms with E-state index in [1.54, 1.807) is 12.3 Å². The zero-order valence-electron chi connectivity index (χ0n) is 10.2. The van der Waals surface area contributed by atoms with Crippen molar-refractivity contribution in [2.75, 3.05) is 5.32 Å². The highest BCUT2D eigenvalue weighted by molar-refractivity contribution is 9.10. The predicted molar refractivity (Wildman–Crippen MR) is 75.1 cm³/mol. The molecule has 0 aliphatic carbocycles. The van der Waals surface area contributed by atoms with E-state index in [-0.39, 0.29) is 11.9 Å². The van der Waals surface area contributed by atoms with Crippen molar-refractivity contribution in [2.45, 2.75) is 19.9 Å². The highest BCUT2D eigenvalue weighted by Crippen LogP contribution is 2.26. The molecule has 0 spiro atoms. The molecule has 1 heterocycles. The topological polar surface area (TPSA) is 24.9 Å². The molecule has 0 bridgehead atoms. The first kappa shape index (κ1) is 13.0. The summed E-state index contributed by atoms with van der Waals surface area (Å²) in [6.45, 7) is 3.94. The summed E-state index contributed by atoms with van der Waals surface area (Å²) in [6, 6.07) is 9.06. The summed E-state index contributed by atoms with van der Waals surface area (Å²) in [4.78, 5) is 4.28. The second-order valence-electron chi connectivity index (χ2n) is 4.20. The van der Waals surface area contributed by atoms with Crippen LogP contribution in [0.1, 0.15) is 24.2 Å². The Hall–Kier alpha value is -1.42. The van der Waals surface area contributed by atoms with Crippen molar-refractivity contribution in [3.05, 3.63) is 58.1 Å². The molecule has 0 radical (unpaired) electrons. The quantitative estimate of drug-likeness (QED) is 0.905. The van der Waals surface area contributed by atoms with Gasteiger partial charge in [0.1, 0.15) is 5.82 Å². The third-order valence-electron chi connectivity index (χ3n) is 2.77. The number of nitrogens with zero attached hydrogens (tertiary/aromatic N) is 1. The zero-order valence-corrected chi connectivity index (χ0v) is 11.8. The van der Waals surface area contributed by atoms with Crippen LogP contribution in [0.5, 0.6) is 0 Å². The molecule has 0 aliphatic heterocycles. The molecule has 0 saturated carbocycles. The first-order valence-corrected chi connectivity index (χ1v) is 6.50. The number of benzene rings is 1. The fourth-order valence-corrected chi connectivity index (χ4v) is 2.20. The summed E-state index contributed by atoms with van der Waals surface area (Å²) in [5.41, 5.74) is 2.71. The highest BCUT2D eigenvalue weighted by atomic mass is 79.9. The van der Waals surface area contributed by atoms with Crippen molar-refractivity contribution in [3.63, 3.8) is 0 Å². The van der Waals surface area contributed by atoms with Gasteiger partial charge in [-0.15, -0.1) is 0 Å². The fraction of sp³-hybridized carbons (Fsp3) is 0.214. The average Bonchev–Trinajstić information content (AvgIpc) is 2.37. The number of hydrogen-bond donors (Lipinski definition) is 1. The minimum Gasteiger partial charge on any atom is -0.377 e. The van der Waals surface area contributed by atoms with E-state index in [0.29, 0.717) is 4.47 Å². The van der Waals surface area contributed by atoms with Crippen LogP contribution in [0.15, 0.2) is 41.0 Å². The highest BCUT2D eigenvalue weighted by Gasteiger charge is 2.10. The summed E-state index contributed by atoms with van der Waals surface area (Å²) in [7, 11) is 0. The Morgan fingerprint density at radius 3 is 2.78 bits per heavy atom. The normalized spacial score (nSPS) is 12.2. The van der Waals surface area contributed by atoms with Crippen LogP contribution < -0.4 is 5.32 Å². The third kappa shape index (κ3) is 2.88. The van der Waals surface area contributed by atoms with Crippen LogP contribution in [0.25, 0.3) is 0 Å². The smallest absolute Gasteiger partial charge is 0.139 e. The molecule has 94 valence electrons. The first-order chi connectivity index (χ1) is 8.58. The first-order valence-electron chi connectivity index (χ1n) is 5.71. The van der Waals surface area contributed by atoms with E-state index in [1.807, 2.05) is 32.0 Å². The number of aryl methyl sites for hydroxylation is 1. The second kappa shape index (κ2) is 5.48. The summed E-state index contributed by atoms with van der Waals surface area (Å²) < 4.78 is 14.0. The Labute approximate surface area is 114 Å². The molecule has 1 aromatic carbocycles. The van der Waals surface area contributed by atoms with Gasteiger partial charge in [0.25, 0.3) is 0 Å². The van der Waals surface area contributed by atoms with Gasteiger partial charge in [-0.1, -0.05) is 6.07 Å². The summed E-state index contributed by atoms with van der Waals surface area (Å²) in [5.74, 6) is -0.267. The number of rotatable bonds is 3. The van der Waals surface area contributed by atoms with E-state index in [9.17, 15) is 4.39 Å². The van der Waals surface area contributed by atoms with E-state index < -0.39 is 0 Å². The predicted octanol–water partition coefficient (Wildman–Crippen LogP) is 4.46. The third-order valence-corrected chi connectivity index (χ3v) is 3.38. The fourth-order valence-electron chi connectivity index (χ4n) is 1.74. The number of aromatic nitrogens is 1. The van der Waals surface area contributed by atoms with Crippen LogP contribution in [0.3, 0.4) is 0 Å². The van der Waals surface area contributed by atoms with Gasteiger partial charge >= 0.3 is 0 Å². The molecule has 4 heteroatoms. The van der Waals surface area contributed by atoms with Crippen LogP contribution >= 0.6 is 15.9 Å². The van der Waals surface area contributed by atoms with Gasteiger partial charge in [0.05, 0.1) is 16.2 Å². The standard InChI is InChI=1S/C14H14BrFN2/c1-9-7-11(15)12(16)8-14(9)18-10(2)13-5-3-4-6-17-13/h3-8,10,18H,1-2H3. The van der Waals surface area contributed by atoms with E-state index in [2.05, 4.69) is 26.2 Å². The maximum Gasteiger partial charge on any atom is 0.139 e. The Morgan fingerprint density at radius 2 is 2.11 bits per heavy atom. The van der Waals surface area contributed by atoms with Crippen LogP contribution in [0.2, 0.25) is 0 Å². The Kier molecular flexibility index (Phi) is 3.97. The Bertz CT molecular complexity index is 543. The lowest BCUT2D eigenvalue weighted by molar-refractivity contribution is 0.620. The molecule has 2 nitrogen and oxygen atoms in total. The van der Waals surface area contributed by atoms with Crippen molar-refractivity contribution in [2.24, 2.45) is 0 Å². The van der Waals surface area contributed by atoms with Crippen molar-refractivity contribution >= 4 is 21.6 Å². The second-order valence-corrected chi connectivity index (χ2v) is 5.06. The Balaban J connectivity index is 2.22. The number of hydrogen-bond acceptors (Lipinski definition) is 2. The van der Waals surface area contributed by atoms with Crippen LogP contribution in [-0.2, 0) is 0 Å². The van der Waals surface area contributed by atoms with E-state index in [1.165, 1.54) is 6.07 Å². The molecule has 0 amide bonds. The van der Waals surface area contributed by atoms with Gasteiger partial charge in [0.15, 0.2) is 0 Å². The van der Waals surface area contributed by atoms with E-state index in [4.69, 9.17) is 0 Å². The largest absolute Gasteiger partial charge is 0.377 e. The molecular weight excluding hydrogens is 295 g/mol. The molecular formula is C14H14BrFN2. The number of anilines is 1. The van der Waals surface area contributed by atoms with Gasteiger partial charge < -0.3 is 5.32 Å². The maximum atomic E-state index is 13.5. The van der Waals surface area contributed by atoms with Crippen molar-refractivity contribution in [1.29, 1.82) is 0 Å². The SMILES string of the molecule is Cc1cc(Br)c(F)cc1NC(C)c1ccccn1. The van der Waals surface area contributed by atoms with Gasteiger partial charge in [-0.05, 0) is 59.6 Å². The van der Waals surface area contributed by atoms with Crippen molar-refractivity contribution in [1.82, 2.24) is 4.98 Å². The van der Waals surface area contributed by atoms with E-state index in [0.717, 1.165) is 16.9 Å². The van der Waals surface area contributed by atoms with Crippen LogP contribution in [0, 0.1) is 12.7 Å². The molecule has 18 heavy (non-hydrogen) atoms. The van der Waals surface area contributed by atoms with Crippen molar-refractivity contribution in [3.8, 4) is 0 Å². The molecule has 0 aliphatic rings. The minimum atomic E-state index is -0.267. The van der Waals surface area contributed by atoms with Gasteiger partial charge in [-0.2, -0.15) is 0 Å². The summed E-state index contributed by atoms with van der Waals surface area (Å²) >= 11 is 3.18. The molecule has 1 N–H and O–H groups in total. The van der Waals surface area contributed by atoms with Crippen molar-refractivity contribution < 1.29 is 4.39 Å². The van der Waals surface area contributed by atoms with Gasteiger partial charge in [-0.25, -0.2) is 4.39 Å². The van der Waals surface area contributed by atoms with Gasteiger partial charge in [0.2, 0.25) is 0 Å². The summed E-state index contributed by atoms with van der Waals surface area (Å²) in [6.07, 6.45) is 1.75. The monoisotopic (exact) mass is 308 g/mol. The number of nitrogens with one attached hydrogen (secondary N) is 1. The molecule has 0 fully saturated rings. The van der Waals surface area contributed by atoms with Crippen LogP contribution in [-0.4, -0.2) is 4.98 Å². The number of pyridine rings is 1. The lowest BCUT2D eigenvalue weighted by Crippen LogP contribution is -2.09.